The standard InChI is InChI=1S/C17H26N2O3/c1-2-15(22-14-8-3-4-9-14)17(21)18-11-7-13-19-12-6-5-10-16(19)20/h5-6,10,12,14-15H,2-4,7-9,11,13H2,1H3,(H,18,21)/t15-/m0/s1. The van der Waals surface area contributed by atoms with Crippen LogP contribution in [0.4, 0.5) is 0 Å². The molecule has 1 heterocycles. The number of hydrogen-bond acceptors (Lipinski definition) is 3. The van der Waals surface area contributed by atoms with Crippen LogP contribution in [0.1, 0.15) is 45.4 Å². The molecule has 5 nitrogen and oxygen atoms in total. The Bertz CT molecular complexity index is 521. The third-order valence-electron chi connectivity index (χ3n) is 4.10. The van der Waals surface area contributed by atoms with E-state index in [-0.39, 0.29) is 23.7 Å². The van der Waals surface area contributed by atoms with Gasteiger partial charge in [0, 0.05) is 25.4 Å². The molecule has 1 N–H and O–H groups in total. The molecule has 5 heteroatoms. The molecule has 1 amide bonds. The van der Waals surface area contributed by atoms with E-state index in [0.29, 0.717) is 19.5 Å². The number of nitrogens with one attached hydrogen (secondary N) is 1. The van der Waals surface area contributed by atoms with Gasteiger partial charge in [0.15, 0.2) is 0 Å². The molecule has 1 aromatic heterocycles. The van der Waals surface area contributed by atoms with E-state index in [4.69, 9.17) is 4.74 Å². The lowest BCUT2D eigenvalue weighted by Crippen LogP contribution is -2.38. The lowest BCUT2D eigenvalue weighted by atomic mass is 10.2. The summed E-state index contributed by atoms with van der Waals surface area (Å²) in [6.07, 6.45) is 7.64. The van der Waals surface area contributed by atoms with Crippen LogP contribution in [0.15, 0.2) is 29.2 Å². The summed E-state index contributed by atoms with van der Waals surface area (Å²) >= 11 is 0. The van der Waals surface area contributed by atoms with Gasteiger partial charge in [0.25, 0.3) is 0 Å². The molecular weight excluding hydrogens is 280 g/mol. The molecule has 22 heavy (non-hydrogen) atoms. The van der Waals surface area contributed by atoms with Crippen molar-refractivity contribution >= 4 is 5.91 Å². The zero-order valence-corrected chi connectivity index (χ0v) is 13.3. The molecule has 0 radical (unpaired) electrons. The van der Waals surface area contributed by atoms with Crippen molar-refractivity contribution in [2.45, 2.75) is 64.2 Å². The summed E-state index contributed by atoms with van der Waals surface area (Å²) in [4.78, 5) is 23.7. The minimum atomic E-state index is -0.345. The van der Waals surface area contributed by atoms with E-state index in [9.17, 15) is 9.59 Å². The van der Waals surface area contributed by atoms with E-state index < -0.39 is 0 Å². The summed E-state index contributed by atoms with van der Waals surface area (Å²) in [5, 5.41) is 2.92. The molecule has 0 aromatic carbocycles. The summed E-state index contributed by atoms with van der Waals surface area (Å²) in [7, 11) is 0. The number of hydrogen-bond donors (Lipinski definition) is 1. The Balaban J connectivity index is 1.69. The number of carbonyl (C=O) groups is 1. The predicted molar refractivity (Wildman–Crippen MR) is 85.7 cm³/mol. The molecule has 1 fully saturated rings. The van der Waals surface area contributed by atoms with Crippen LogP contribution in [0.25, 0.3) is 0 Å². The van der Waals surface area contributed by atoms with Gasteiger partial charge < -0.3 is 14.6 Å². The summed E-state index contributed by atoms with van der Waals surface area (Å²) < 4.78 is 7.54. The van der Waals surface area contributed by atoms with Gasteiger partial charge in [-0.25, -0.2) is 0 Å². The first-order valence-corrected chi connectivity index (χ1v) is 8.29. The normalized spacial score (nSPS) is 16.6. The predicted octanol–water partition coefficient (Wildman–Crippen LogP) is 2.09. The fraction of sp³-hybridized carbons (Fsp3) is 0.647. The second-order valence-electron chi connectivity index (χ2n) is 5.82. The van der Waals surface area contributed by atoms with Crippen molar-refractivity contribution in [1.29, 1.82) is 0 Å². The fourth-order valence-corrected chi connectivity index (χ4v) is 2.82. The van der Waals surface area contributed by atoms with Crippen LogP contribution >= 0.6 is 0 Å². The Morgan fingerprint density at radius 2 is 2.18 bits per heavy atom. The molecule has 0 aliphatic heterocycles. The molecule has 1 atom stereocenters. The van der Waals surface area contributed by atoms with Gasteiger partial charge in [-0.15, -0.1) is 0 Å². The Labute approximate surface area is 131 Å². The minimum absolute atomic E-state index is 0.00942. The molecule has 122 valence electrons. The smallest absolute Gasteiger partial charge is 0.250 e. The zero-order chi connectivity index (χ0) is 15.8. The highest BCUT2D eigenvalue weighted by molar-refractivity contribution is 5.80. The SMILES string of the molecule is CC[C@H](OC1CCCC1)C(=O)NCCCn1ccccc1=O. The van der Waals surface area contributed by atoms with Gasteiger partial charge in [-0.05, 0) is 31.7 Å². The second-order valence-corrected chi connectivity index (χ2v) is 5.82. The maximum absolute atomic E-state index is 12.1. The maximum Gasteiger partial charge on any atom is 0.250 e. The van der Waals surface area contributed by atoms with Gasteiger partial charge in [0.05, 0.1) is 6.10 Å². The van der Waals surface area contributed by atoms with E-state index in [1.807, 2.05) is 13.0 Å². The largest absolute Gasteiger partial charge is 0.365 e. The third-order valence-corrected chi connectivity index (χ3v) is 4.10. The van der Waals surface area contributed by atoms with Crippen molar-refractivity contribution in [1.82, 2.24) is 9.88 Å². The number of aryl methyl sites for hydroxylation is 1. The van der Waals surface area contributed by atoms with Crippen LogP contribution in [-0.2, 0) is 16.1 Å². The van der Waals surface area contributed by atoms with Gasteiger partial charge in [-0.1, -0.05) is 25.8 Å². The van der Waals surface area contributed by atoms with E-state index in [1.165, 1.54) is 12.8 Å². The van der Waals surface area contributed by atoms with E-state index >= 15 is 0 Å². The molecule has 0 unspecified atom stereocenters. The van der Waals surface area contributed by atoms with Crippen molar-refractivity contribution < 1.29 is 9.53 Å². The molecule has 1 aliphatic carbocycles. The second kappa shape index (κ2) is 8.73. The van der Waals surface area contributed by atoms with Crippen LogP contribution < -0.4 is 10.9 Å². The number of rotatable bonds is 8. The first-order valence-electron chi connectivity index (χ1n) is 8.29. The number of aromatic nitrogens is 1. The quantitative estimate of drug-likeness (QED) is 0.748. The molecular formula is C17H26N2O3. The highest BCUT2D eigenvalue weighted by atomic mass is 16.5. The first-order chi connectivity index (χ1) is 10.7. The molecule has 0 saturated heterocycles. The van der Waals surface area contributed by atoms with Crippen LogP contribution in [0.5, 0.6) is 0 Å². The highest BCUT2D eigenvalue weighted by Crippen LogP contribution is 2.22. The summed E-state index contributed by atoms with van der Waals surface area (Å²) in [6.45, 7) is 3.15. The molecule has 1 saturated carbocycles. The van der Waals surface area contributed by atoms with Gasteiger partial charge in [-0.2, -0.15) is 0 Å². The minimum Gasteiger partial charge on any atom is -0.365 e. The van der Waals surface area contributed by atoms with Crippen LogP contribution in [0.3, 0.4) is 0 Å². The molecule has 1 aliphatic rings. The van der Waals surface area contributed by atoms with Crippen molar-refractivity contribution in [2.75, 3.05) is 6.54 Å². The maximum atomic E-state index is 12.1. The fourth-order valence-electron chi connectivity index (χ4n) is 2.82. The van der Waals surface area contributed by atoms with E-state index in [2.05, 4.69) is 5.32 Å². The average molecular weight is 306 g/mol. The highest BCUT2D eigenvalue weighted by Gasteiger charge is 2.23. The van der Waals surface area contributed by atoms with Gasteiger partial charge >= 0.3 is 0 Å². The van der Waals surface area contributed by atoms with E-state index in [1.54, 1.807) is 22.9 Å². The number of carbonyl (C=O) groups excluding carboxylic acids is 1. The number of ether oxygens (including phenoxy) is 1. The summed E-state index contributed by atoms with van der Waals surface area (Å²) in [5.41, 5.74) is -0.00942. The molecule has 1 aromatic rings. The number of nitrogens with zero attached hydrogens (tertiary/aromatic N) is 1. The van der Waals surface area contributed by atoms with Gasteiger partial charge in [0.2, 0.25) is 11.5 Å². The Kier molecular flexibility index (Phi) is 6.65. The van der Waals surface area contributed by atoms with Crippen molar-refractivity contribution in [3.63, 3.8) is 0 Å². The van der Waals surface area contributed by atoms with Crippen molar-refractivity contribution in [3.8, 4) is 0 Å². The van der Waals surface area contributed by atoms with Crippen LogP contribution in [0, 0.1) is 0 Å². The van der Waals surface area contributed by atoms with Gasteiger partial charge in [0.1, 0.15) is 6.10 Å². The van der Waals surface area contributed by atoms with Crippen molar-refractivity contribution in [2.24, 2.45) is 0 Å². The molecule has 2 rings (SSSR count). The van der Waals surface area contributed by atoms with Crippen LogP contribution in [-0.4, -0.2) is 29.2 Å². The van der Waals surface area contributed by atoms with Crippen molar-refractivity contribution in [3.05, 3.63) is 34.7 Å². The lowest BCUT2D eigenvalue weighted by molar-refractivity contribution is -0.136. The Morgan fingerprint density at radius 3 is 2.86 bits per heavy atom. The Morgan fingerprint density at radius 1 is 1.41 bits per heavy atom. The topological polar surface area (TPSA) is 60.3 Å². The number of pyridine rings is 1. The first kappa shape index (κ1) is 16.7. The molecule has 0 bridgehead atoms. The summed E-state index contributed by atoms with van der Waals surface area (Å²) in [5.74, 6) is -0.0326. The Hall–Kier alpha value is -1.62. The monoisotopic (exact) mass is 306 g/mol. The lowest BCUT2D eigenvalue weighted by Gasteiger charge is -2.20. The van der Waals surface area contributed by atoms with Crippen LogP contribution in [0.2, 0.25) is 0 Å². The summed E-state index contributed by atoms with van der Waals surface area (Å²) in [6, 6.07) is 5.11. The molecule has 0 spiro atoms. The average Bonchev–Trinajstić information content (AvgIpc) is 3.03. The number of amides is 1. The van der Waals surface area contributed by atoms with E-state index in [0.717, 1.165) is 19.3 Å². The third kappa shape index (κ3) is 4.98. The zero-order valence-electron chi connectivity index (χ0n) is 13.3. The van der Waals surface area contributed by atoms with Gasteiger partial charge in [-0.3, -0.25) is 9.59 Å².